The van der Waals surface area contributed by atoms with Crippen LogP contribution in [0.15, 0.2) is 91.5 Å². The lowest BCUT2D eigenvalue weighted by Gasteiger charge is -2.36. The van der Waals surface area contributed by atoms with E-state index >= 15 is 0 Å². The minimum Gasteiger partial charge on any atom is -0.444 e. The molecule has 3 aliphatic rings. The minimum atomic E-state index is -1.67. The second-order valence-electron chi connectivity index (χ2n) is 20.9. The highest BCUT2D eigenvalue weighted by atomic mass is 35.5. The summed E-state index contributed by atoms with van der Waals surface area (Å²) in [5.74, 6) is -0.587. The zero-order valence-electron chi connectivity index (χ0n) is 46.8. The van der Waals surface area contributed by atoms with Gasteiger partial charge in [0.05, 0.1) is 21.8 Å². The van der Waals surface area contributed by atoms with Crippen LogP contribution in [0.3, 0.4) is 0 Å². The molecule has 0 aliphatic carbocycles. The fourth-order valence-electron chi connectivity index (χ4n) is 8.44. The molecule has 3 heterocycles. The van der Waals surface area contributed by atoms with Crippen LogP contribution in [-0.2, 0) is 20.7 Å². The fraction of sp³-hybridized carbons (Fsp3) is 0.519. The number of urea groups is 1. The minimum absolute atomic E-state index is 0.0747. The summed E-state index contributed by atoms with van der Waals surface area (Å²) in [6.45, 7) is 17.7. The first-order valence-corrected chi connectivity index (χ1v) is 27.0. The quantitative estimate of drug-likeness (QED) is 0.0292. The summed E-state index contributed by atoms with van der Waals surface area (Å²) in [6.07, 6.45) is 8.87. The molecule has 0 unspecified atom stereocenters. The van der Waals surface area contributed by atoms with Crippen molar-refractivity contribution in [1.29, 1.82) is 0 Å². The molecule has 25 nitrogen and oxygen atoms in total. The Morgan fingerprint density at radius 3 is 1.56 bits per heavy atom. The molecule has 3 saturated heterocycles. The molecule has 4 atom stereocenters. The van der Waals surface area contributed by atoms with Crippen molar-refractivity contribution in [2.45, 2.75) is 141 Å². The lowest BCUT2D eigenvalue weighted by atomic mass is 9.76. The van der Waals surface area contributed by atoms with Crippen LogP contribution in [0, 0.1) is 20.2 Å². The van der Waals surface area contributed by atoms with Gasteiger partial charge in [-0.2, -0.15) is 0 Å². The molecule has 81 heavy (non-hydrogen) atoms. The van der Waals surface area contributed by atoms with Gasteiger partial charge in [0.15, 0.2) is 0 Å². The normalized spacial score (nSPS) is 17.2. The average molecular weight is 1150 g/mol. The van der Waals surface area contributed by atoms with E-state index in [1.54, 1.807) is 14.7 Å². The Morgan fingerprint density at radius 2 is 1.12 bits per heavy atom. The summed E-state index contributed by atoms with van der Waals surface area (Å²) >= 11 is 4.92. The maximum absolute atomic E-state index is 12.4. The third kappa shape index (κ3) is 26.1. The van der Waals surface area contributed by atoms with Gasteiger partial charge in [-0.15, -0.1) is 0 Å². The van der Waals surface area contributed by atoms with Crippen LogP contribution in [0.4, 0.5) is 35.3 Å². The zero-order chi connectivity index (χ0) is 60.3. The van der Waals surface area contributed by atoms with Crippen molar-refractivity contribution in [2.24, 2.45) is 5.73 Å². The number of nitrogens with two attached hydrogens (primary N) is 1. The van der Waals surface area contributed by atoms with Crippen LogP contribution in [0.1, 0.15) is 105 Å². The molecule has 0 spiro atoms. The third-order valence-corrected chi connectivity index (χ3v) is 12.4. The predicted molar refractivity (Wildman–Crippen MR) is 303 cm³/mol. The number of halogens is 1. The molecule has 6 amide bonds. The van der Waals surface area contributed by atoms with E-state index in [1.807, 2.05) is 71.9 Å². The highest BCUT2D eigenvalue weighted by Crippen LogP contribution is 2.23. The summed E-state index contributed by atoms with van der Waals surface area (Å²) in [5.41, 5.74) is 4.39. The second-order valence-corrected chi connectivity index (χ2v) is 21.3. The fourth-order valence-corrected chi connectivity index (χ4v) is 8.53. The Labute approximate surface area is 477 Å². The molecular formula is C54H77BClN9O16. The molecule has 444 valence electrons. The number of carbonyl (C=O) groups is 6. The maximum Gasteiger partial charge on any atom is 0.475 e. The number of nitro groups is 2. The van der Waals surface area contributed by atoms with Crippen molar-refractivity contribution >= 4 is 65.7 Å². The lowest BCUT2D eigenvalue weighted by Crippen LogP contribution is -2.54. The van der Waals surface area contributed by atoms with Gasteiger partial charge >= 0.3 is 36.9 Å². The number of nitrogens with one attached hydrogen (secondary N) is 3. The van der Waals surface area contributed by atoms with Crippen LogP contribution in [-0.4, -0.2) is 152 Å². The Kier molecular flexibility index (Phi) is 28.4. The standard InChI is InChI=1S/C18H26BN3O4.C18H25N3O6.C11H22N2O2.C7H4ClNO4/c1-2-17(23)22-11-7-6-10-15(22)13-20-18(24)21-16(19(25)26)12-14-8-4-3-5-9-14;1-18(2,3)27-17(23)20-11-5-4-6-14(20)12-19-16(22)26-15-9-7-13(8-10-15)21(24)25;1-11(2,3)15-10(14)13-7-5-4-6-9(13)8-12;8-7(10)13-6-3-1-5(2-4-6)9(11)12/h2-5,8-9,15-16,25-26H,1,6-7,10-13H2,(H2,20,21,24);7-10,14H,4-6,11-12H2,1-3H3,(H,19,22);9H,4-8,12H2,1-3H3;1-4H/t15-,16-;14-;9-;/m000./s1. The number of ether oxygens (including phenoxy) is 4. The highest BCUT2D eigenvalue weighted by Gasteiger charge is 2.33. The molecule has 3 aliphatic heterocycles. The first-order valence-electron chi connectivity index (χ1n) is 26.6. The Bertz CT molecular complexity index is 2520. The van der Waals surface area contributed by atoms with Crippen molar-refractivity contribution in [3.05, 3.63) is 117 Å². The topological polar surface area (TPSA) is 338 Å². The molecule has 27 heteroatoms. The maximum atomic E-state index is 12.4. The molecule has 6 rings (SSSR count). The van der Waals surface area contributed by atoms with Gasteiger partial charge in [0.2, 0.25) is 5.91 Å². The number of carbonyl (C=O) groups excluding carboxylic acids is 6. The Balaban J connectivity index is 0.000000296. The molecule has 0 aromatic heterocycles. The molecule has 0 saturated carbocycles. The summed E-state index contributed by atoms with van der Waals surface area (Å²) in [5, 5.41) is 47.9. The van der Waals surface area contributed by atoms with Gasteiger partial charge in [-0.3, -0.25) is 25.0 Å². The van der Waals surface area contributed by atoms with Crippen molar-refractivity contribution in [1.82, 2.24) is 30.7 Å². The average Bonchev–Trinajstić information content (AvgIpc) is 3.42. The SMILES string of the molecule is C=CC(=O)N1CCCC[C@H]1CNC(=O)N[C@@H](Cc1ccccc1)B(O)O.CC(C)(C)OC(=O)N1CCCC[C@H]1CN.CC(C)(C)OC(=O)N1CCCC[C@H]1CNC(=O)Oc1ccc([N+](=O)[O-])cc1.O=C(Cl)Oc1ccc([N+](=O)[O-])cc1. The van der Waals surface area contributed by atoms with E-state index < -0.39 is 57.8 Å². The number of benzene rings is 3. The van der Waals surface area contributed by atoms with Gasteiger partial charge in [-0.05, 0) is 142 Å². The van der Waals surface area contributed by atoms with E-state index in [-0.39, 0.29) is 59.5 Å². The Hall–Kier alpha value is -7.55. The first-order chi connectivity index (χ1) is 38.2. The molecule has 3 aromatic rings. The Morgan fingerprint density at radius 1 is 0.691 bits per heavy atom. The van der Waals surface area contributed by atoms with E-state index in [2.05, 4.69) is 27.3 Å². The molecule has 3 fully saturated rings. The van der Waals surface area contributed by atoms with Crippen molar-refractivity contribution in [2.75, 3.05) is 39.3 Å². The number of hydrogen-bond acceptors (Lipinski definition) is 17. The van der Waals surface area contributed by atoms with Crippen LogP contribution in [0.5, 0.6) is 11.5 Å². The third-order valence-electron chi connectivity index (χ3n) is 12.3. The summed E-state index contributed by atoms with van der Waals surface area (Å²) in [4.78, 5) is 95.4. The van der Waals surface area contributed by atoms with Gasteiger partial charge in [0.1, 0.15) is 22.7 Å². The lowest BCUT2D eigenvalue weighted by molar-refractivity contribution is -0.385. The van der Waals surface area contributed by atoms with Crippen LogP contribution >= 0.6 is 11.6 Å². The molecule has 0 bridgehead atoms. The largest absolute Gasteiger partial charge is 0.475 e. The number of non-ortho nitro benzene ring substituents is 2. The van der Waals surface area contributed by atoms with E-state index in [9.17, 15) is 59.0 Å². The van der Waals surface area contributed by atoms with E-state index in [4.69, 9.17) is 31.5 Å². The second kappa shape index (κ2) is 33.9. The number of likely N-dealkylation sites (tertiary alicyclic amines) is 3. The van der Waals surface area contributed by atoms with E-state index in [0.717, 1.165) is 69.9 Å². The predicted octanol–water partition coefficient (Wildman–Crippen LogP) is 8.02. The van der Waals surface area contributed by atoms with Crippen molar-refractivity contribution in [3.63, 3.8) is 0 Å². The van der Waals surface area contributed by atoms with E-state index in [1.165, 1.54) is 54.6 Å². The number of amides is 6. The number of piperidine rings is 3. The summed E-state index contributed by atoms with van der Waals surface area (Å²) in [6, 6.07) is 18.9. The summed E-state index contributed by atoms with van der Waals surface area (Å²) in [7, 11) is -1.67. The van der Waals surface area contributed by atoms with Gasteiger partial charge in [0.25, 0.3) is 11.4 Å². The van der Waals surface area contributed by atoms with E-state index in [0.29, 0.717) is 32.6 Å². The first kappa shape index (κ1) is 67.7. The van der Waals surface area contributed by atoms with Gasteiger partial charge in [-0.1, -0.05) is 36.9 Å². The van der Waals surface area contributed by atoms with Crippen LogP contribution in [0.25, 0.3) is 0 Å². The molecule has 7 N–H and O–H groups in total. The molecule has 0 radical (unpaired) electrons. The highest BCUT2D eigenvalue weighted by molar-refractivity contribution is 6.61. The van der Waals surface area contributed by atoms with Crippen LogP contribution in [0.2, 0.25) is 0 Å². The smallest absolute Gasteiger partial charge is 0.444 e. The summed E-state index contributed by atoms with van der Waals surface area (Å²) < 4.78 is 20.3. The number of hydrogen-bond donors (Lipinski definition) is 6. The number of nitro benzene ring substituents is 2. The van der Waals surface area contributed by atoms with Gasteiger partial charge in [-0.25, -0.2) is 24.0 Å². The molecular weight excluding hydrogens is 1080 g/mol. The van der Waals surface area contributed by atoms with Crippen molar-refractivity contribution < 1.29 is 67.6 Å². The molecule has 3 aromatic carbocycles. The number of nitrogens with zero attached hydrogens (tertiary/aromatic N) is 5. The van der Waals surface area contributed by atoms with Gasteiger partial charge < -0.3 is 65.4 Å². The van der Waals surface area contributed by atoms with Crippen LogP contribution < -0.4 is 31.2 Å². The van der Waals surface area contributed by atoms with Gasteiger partial charge in [0, 0.05) is 87.2 Å². The number of rotatable bonds is 14. The van der Waals surface area contributed by atoms with Crippen molar-refractivity contribution in [3.8, 4) is 11.5 Å². The zero-order valence-corrected chi connectivity index (χ0v) is 47.5. The monoisotopic (exact) mass is 1150 g/mol.